The fourth-order valence-electron chi connectivity index (χ4n) is 2.52. The fraction of sp³-hybridized carbons (Fsp3) is 0.0476. The maximum Gasteiger partial charge on any atom is 0.257 e. The molecule has 0 unspecified atom stereocenters. The molecule has 3 rings (SSSR count). The summed E-state index contributed by atoms with van der Waals surface area (Å²) < 4.78 is 0.896. The molecule has 2 amide bonds. The van der Waals surface area contributed by atoms with Crippen molar-refractivity contribution >= 4 is 51.7 Å². The third-order valence-corrected chi connectivity index (χ3v) is 4.89. The van der Waals surface area contributed by atoms with E-state index in [4.69, 9.17) is 11.6 Å². The monoisotopic (exact) mass is 490 g/mol. The van der Waals surface area contributed by atoms with E-state index in [1.807, 2.05) is 36.4 Å². The quantitative estimate of drug-likeness (QED) is 0.487. The second kappa shape index (κ2) is 9.01. The number of anilines is 1. The van der Waals surface area contributed by atoms with Gasteiger partial charge in [0.25, 0.3) is 11.8 Å². The van der Waals surface area contributed by atoms with E-state index in [-0.39, 0.29) is 11.8 Å². The first-order valence-electron chi connectivity index (χ1n) is 8.22. The molecule has 0 bridgehead atoms. The van der Waals surface area contributed by atoms with Gasteiger partial charge in [0, 0.05) is 10.1 Å². The van der Waals surface area contributed by atoms with Gasteiger partial charge in [0.05, 0.1) is 21.8 Å². The molecule has 2 N–H and O–H groups in total. The highest BCUT2D eigenvalue weighted by molar-refractivity contribution is 14.1. The summed E-state index contributed by atoms with van der Waals surface area (Å²) in [5, 5.41) is 6.03. The number of nitrogens with one attached hydrogen (secondary N) is 2. The van der Waals surface area contributed by atoms with Gasteiger partial charge in [-0.3, -0.25) is 9.59 Å². The predicted octanol–water partition coefficient (Wildman–Crippen LogP) is 5.13. The van der Waals surface area contributed by atoms with Crippen LogP contribution < -0.4 is 10.6 Å². The van der Waals surface area contributed by atoms with Crippen LogP contribution in [0.2, 0.25) is 5.02 Å². The Hall–Kier alpha value is -2.38. The predicted molar refractivity (Wildman–Crippen MR) is 116 cm³/mol. The maximum absolute atomic E-state index is 12.7. The number of hydrogen-bond acceptors (Lipinski definition) is 2. The average Bonchev–Trinajstić information content (AvgIpc) is 2.68. The first-order valence-corrected chi connectivity index (χ1v) is 9.68. The largest absolute Gasteiger partial charge is 0.348 e. The fourth-order valence-corrected chi connectivity index (χ4v) is 3.23. The van der Waals surface area contributed by atoms with Crippen molar-refractivity contribution in [1.29, 1.82) is 0 Å². The second-order valence-corrected chi connectivity index (χ2v) is 7.44. The van der Waals surface area contributed by atoms with Gasteiger partial charge >= 0.3 is 0 Å². The molecule has 0 saturated carbocycles. The van der Waals surface area contributed by atoms with E-state index in [1.165, 1.54) is 0 Å². The summed E-state index contributed by atoms with van der Waals surface area (Å²) >= 11 is 8.22. The van der Waals surface area contributed by atoms with Crippen molar-refractivity contribution in [3.63, 3.8) is 0 Å². The highest BCUT2D eigenvalue weighted by Gasteiger charge is 2.16. The first-order chi connectivity index (χ1) is 13.0. The summed E-state index contributed by atoms with van der Waals surface area (Å²) in [6.07, 6.45) is 0. The average molecular weight is 491 g/mol. The van der Waals surface area contributed by atoms with E-state index in [0.717, 1.165) is 9.13 Å². The minimum Gasteiger partial charge on any atom is -0.348 e. The van der Waals surface area contributed by atoms with Crippen molar-refractivity contribution in [2.45, 2.75) is 6.54 Å². The van der Waals surface area contributed by atoms with Crippen LogP contribution in [0.15, 0.2) is 72.8 Å². The number of benzene rings is 3. The van der Waals surface area contributed by atoms with Gasteiger partial charge < -0.3 is 10.6 Å². The minimum absolute atomic E-state index is 0.258. The van der Waals surface area contributed by atoms with Gasteiger partial charge in [-0.15, -0.1) is 0 Å². The van der Waals surface area contributed by atoms with Crippen molar-refractivity contribution in [2.75, 3.05) is 5.32 Å². The molecule has 4 nitrogen and oxygen atoms in total. The molecule has 0 aliphatic rings. The lowest BCUT2D eigenvalue weighted by Crippen LogP contribution is -2.25. The van der Waals surface area contributed by atoms with Crippen LogP contribution in [-0.2, 0) is 6.54 Å². The summed E-state index contributed by atoms with van der Waals surface area (Å²) in [6.45, 7) is 0.406. The maximum atomic E-state index is 12.7. The second-order valence-electron chi connectivity index (χ2n) is 5.79. The molecular formula is C21H16ClIN2O2. The zero-order valence-corrected chi connectivity index (χ0v) is 17.1. The molecular weight excluding hydrogens is 475 g/mol. The molecule has 0 aliphatic heterocycles. The van der Waals surface area contributed by atoms with E-state index >= 15 is 0 Å². The van der Waals surface area contributed by atoms with Gasteiger partial charge in [0.15, 0.2) is 0 Å². The van der Waals surface area contributed by atoms with E-state index in [9.17, 15) is 9.59 Å². The zero-order valence-electron chi connectivity index (χ0n) is 14.2. The molecule has 0 radical (unpaired) electrons. The third kappa shape index (κ3) is 5.08. The molecule has 0 spiro atoms. The van der Waals surface area contributed by atoms with Crippen LogP contribution >= 0.6 is 34.2 Å². The van der Waals surface area contributed by atoms with Crippen LogP contribution in [0.25, 0.3) is 0 Å². The van der Waals surface area contributed by atoms with E-state index in [2.05, 4.69) is 33.2 Å². The standard InChI is InChI=1S/C21H16ClIN2O2/c22-18-9-5-4-8-16(18)21(27)25-19-11-10-15(23)12-17(19)20(26)24-13-14-6-2-1-3-7-14/h1-12H,13H2,(H,24,26)(H,25,27). The Morgan fingerprint density at radius 3 is 2.30 bits per heavy atom. The summed E-state index contributed by atoms with van der Waals surface area (Å²) in [5.74, 6) is -0.620. The van der Waals surface area contributed by atoms with Crippen LogP contribution in [-0.4, -0.2) is 11.8 Å². The van der Waals surface area contributed by atoms with E-state index in [1.54, 1.807) is 36.4 Å². The van der Waals surface area contributed by atoms with Crippen LogP contribution in [0.1, 0.15) is 26.3 Å². The highest BCUT2D eigenvalue weighted by atomic mass is 127. The SMILES string of the molecule is O=C(Nc1ccc(I)cc1C(=O)NCc1ccccc1)c1ccccc1Cl. The Bertz CT molecular complexity index is 977. The van der Waals surface area contributed by atoms with Gasteiger partial charge in [0.2, 0.25) is 0 Å². The Kier molecular flexibility index (Phi) is 6.47. The van der Waals surface area contributed by atoms with E-state index < -0.39 is 0 Å². The first kappa shape index (κ1) is 19.4. The normalized spacial score (nSPS) is 10.3. The molecule has 6 heteroatoms. The summed E-state index contributed by atoms with van der Waals surface area (Å²) in [6, 6.07) is 21.7. The van der Waals surface area contributed by atoms with Crippen molar-refractivity contribution in [3.8, 4) is 0 Å². The smallest absolute Gasteiger partial charge is 0.257 e. The van der Waals surface area contributed by atoms with Gasteiger partial charge in [-0.2, -0.15) is 0 Å². The molecule has 0 heterocycles. The zero-order chi connectivity index (χ0) is 19.2. The molecule has 3 aromatic carbocycles. The topological polar surface area (TPSA) is 58.2 Å². The highest BCUT2D eigenvalue weighted by Crippen LogP contribution is 2.22. The molecule has 136 valence electrons. The van der Waals surface area contributed by atoms with Crippen LogP contribution in [0.3, 0.4) is 0 Å². The number of carbonyl (C=O) groups is 2. The summed E-state index contributed by atoms with van der Waals surface area (Å²) in [4.78, 5) is 25.2. The Morgan fingerprint density at radius 1 is 0.852 bits per heavy atom. The number of amides is 2. The number of hydrogen-bond donors (Lipinski definition) is 2. The van der Waals surface area contributed by atoms with Gasteiger partial charge in [0.1, 0.15) is 0 Å². The molecule has 0 atom stereocenters. The number of rotatable bonds is 5. The lowest BCUT2D eigenvalue weighted by molar-refractivity contribution is 0.0951. The van der Waals surface area contributed by atoms with Crippen LogP contribution in [0.4, 0.5) is 5.69 Å². The Morgan fingerprint density at radius 2 is 1.56 bits per heavy atom. The van der Waals surface area contributed by atoms with Crippen molar-refractivity contribution in [3.05, 3.63) is 98.1 Å². The Balaban J connectivity index is 1.79. The van der Waals surface area contributed by atoms with Crippen molar-refractivity contribution in [1.82, 2.24) is 5.32 Å². The molecule has 3 aromatic rings. The van der Waals surface area contributed by atoms with Crippen molar-refractivity contribution in [2.24, 2.45) is 0 Å². The molecule has 0 aliphatic carbocycles. The van der Waals surface area contributed by atoms with Crippen LogP contribution in [0.5, 0.6) is 0 Å². The molecule has 27 heavy (non-hydrogen) atoms. The molecule has 0 saturated heterocycles. The van der Waals surface area contributed by atoms with Gasteiger partial charge in [-0.05, 0) is 58.5 Å². The summed E-state index contributed by atoms with van der Waals surface area (Å²) in [5.41, 5.74) is 2.19. The van der Waals surface area contributed by atoms with Gasteiger partial charge in [-0.1, -0.05) is 54.1 Å². The third-order valence-electron chi connectivity index (χ3n) is 3.89. The Labute approximate surface area is 176 Å². The minimum atomic E-state index is -0.362. The molecule has 0 fully saturated rings. The number of halogens is 2. The molecule has 0 aromatic heterocycles. The summed E-state index contributed by atoms with van der Waals surface area (Å²) in [7, 11) is 0. The van der Waals surface area contributed by atoms with Crippen molar-refractivity contribution < 1.29 is 9.59 Å². The van der Waals surface area contributed by atoms with E-state index in [0.29, 0.717) is 28.4 Å². The lowest BCUT2D eigenvalue weighted by atomic mass is 10.1. The number of carbonyl (C=O) groups excluding carboxylic acids is 2. The van der Waals surface area contributed by atoms with Gasteiger partial charge in [-0.25, -0.2) is 0 Å². The lowest BCUT2D eigenvalue weighted by Gasteiger charge is -2.13. The van der Waals surface area contributed by atoms with Crippen LogP contribution in [0, 0.1) is 3.57 Å².